The average Bonchev–Trinajstić information content (AvgIpc) is 2.44. The highest BCUT2D eigenvalue weighted by atomic mass is 32.2. The number of benzene rings is 1. The number of para-hydroxylation sites is 1. The van der Waals surface area contributed by atoms with Crippen LogP contribution in [0.3, 0.4) is 0 Å². The summed E-state index contributed by atoms with van der Waals surface area (Å²) in [6.45, 7) is 0. The van der Waals surface area contributed by atoms with Crippen molar-refractivity contribution in [2.24, 2.45) is 0 Å². The van der Waals surface area contributed by atoms with Gasteiger partial charge in [-0.25, -0.2) is 0 Å². The summed E-state index contributed by atoms with van der Waals surface area (Å²) >= 11 is 3.85. The first-order valence-electron chi connectivity index (χ1n) is 4.27. The smallest absolute Gasteiger partial charge is 0.0730 e. The van der Waals surface area contributed by atoms with Gasteiger partial charge in [0.1, 0.15) is 0 Å². The monoisotopic (exact) mass is 207 g/mol. The molecule has 0 unspecified atom stereocenters. The second-order valence-corrected chi connectivity index (χ2v) is 5.09. The maximum absolute atomic E-state index is 2.34. The van der Waals surface area contributed by atoms with Crippen LogP contribution in [0, 0.1) is 0 Å². The normalized spacial score (nSPS) is 18.6. The molecule has 0 aromatic heterocycles. The summed E-state index contributed by atoms with van der Waals surface area (Å²) in [5, 5.41) is 0. The van der Waals surface area contributed by atoms with E-state index in [4.69, 9.17) is 0 Å². The minimum absolute atomic E-state index is 1.07. The van der Waals surface area contributed by atoms with E-state index < -0.39 is 0 Å². The molecule has 0 spiro atoms. The Balaban J connectivity index is 2.22. The molecule has 1 aromatic rings. The Kier molecular flexibility index (Phi) is 1.80. The van der Waals surface area contributed by atoms with Crippen molar-refractivity contribution in [1.29, 1.82) is 0 Å². The van der Waals surface area contributed by atoms with Gasteiger partial charge in [-0.15, -0.1) is 23.5 Å². The molecule has 2 aliphatic heterocycles. The number of hydrogen-bond acceptors (Lipinski definition) is 3. The third kappa shape index (κ3) is 1.18. The molecule has 0 atom stereocenters. The molecule has 0 fully saturated rings. The van der Waals surface area contributed by atoms with E-state index in [1.54, 1.807) is 0 Å². The Hall–Kier alpha value is -0.540. The third-order valence-corrected chi connectivity index (χ3v) is 4.28. The van der Waals surface area contributed by atoms with Crippen LogP contribution in [-0.2, 0) is 0 Å². The summed E-state index contributed by atoms with van der Waals surface area (Å²) in [6.07, 6.45) is 4.45. The van der Waals surface area contributed by atoms with Crippen molar-refractivity contribution in [2.45, 2.75) is 9.79 Å². The Labute approximate surface area is 86.2 Å². The average molecular weight is 207 g/mol. The van der Waals surface area contributed by atoms with Crippen LogP contribution in [-0.4, -0.2) is 11.6 Å². The van der Waals surface area contributed by atoms with Crippen molar-refractivity contribution >= 4 is 29.2 Å². The molecule has 3 heteroatoms. The van der Waals surface area contributed by atoms with Crippen molar-refractivity contribution < 1.29 is 0 Å². The quantitative estimate of drug-likeness (QED) is 0.643. The van der Waals surface area contributed by atoms with Crippen LogP contribution in [0.15, 0.2) is 40.3 Å². The molecule has 0 aliphatic carbocycles. The van der Waals surface area contributed by atoms with Gasteiger partial charge in [-0.3, -0.25) is 0 Å². The number of anilines is 1. The van der Waals surface area contributed by atoms with Crippen molar-refractivity contribution in [3.05, 3.63) is 30.5 Å². The van der Waals surface area contributed by atoms with E-state index in [-0.39, 0.29) is 0 Å². The first-order chi connectivity index (χ1) is 6.45. The van der Waals surface area contributed by atoms with Crippen LogP contribution >= 0.6 is 23.5 Å². The zero-order chi connectivity index (χ0) is 8.67. The Morgan fingerprint density at radius 2 is 2.00 bits per heavy atom. The SMILES string of the molecule is C1=CN2CSc3cccc(c32)SC1. The Morgan fingerprint density at radius 3 is 2.92 bits per heavy atom. The molecule has 0 saturated heterocycles. The van der Waals surface area contributed by atoms with Crippen LogP contribution in [0.4, 0.5) is 5.69 Å². The van der Waals surface area contributed by atoms with Crippen LogP contribution in [0.2, 0.25) is 0 Å². The van der Waals surface area contributed by atoms with E-state index in [0.29, 0.717) is 0 Å². The molecule has 0 bridgehead atoms. The van der Waals surface area contributed by atoms with Gasteiger partial charge in [0, 0.05) is 21.7 Å². The molecular weight excluding hydrogens is 198 g/mol. The van der Waals surface area contributed by atoms with Crippen LogP contribution in [0.25, 0.3) is 0 Å². The van der Waals surface area contributed by atoms with E-state index in [1.807, 2.05) is 23.5 Å². The lowest BCUT2D eigenvalue weighted by atomic mass is 10.3. The number of hydrogen-bond donors (Lipinski definition) is 0. The van der Waals surface area contributed by atoms with Crippen LogP contribution in [0.5, 0.6) is 0 Å². The molecule has 0 amide bonds. The van der Waals surface area contributed by atoms with Gasteiger partial charge in [0.25, 0.3) is 0 Å². The Bertz CT molecular complexity index is 373. The van der Waals surface area contributed by atoms with Crippen molar-refractivity contribution in [3.63, 3.8) is 0 Å². The summed E-state index contributed by atoms with van der Waals surface area (Å²) in [4.78, 5) is 5.19. The minimum atomic E-state index is 1.07. The fourth-order valence-electron chi connectivity index (χ4n) is 1.65. The van der Waals surface area contributed by atoms with Gasteiger partial charge in [0.05, 0.1) is 11.6 Å². The molecule has 0 radical (unpaired) electrons. The highest BCUT2D eigenvalue weighted by Crippen LogP contribution is 2.45. The molecule has 66 valence electrons. The van der Waals surface area contributed by atoms with Crippen LogP contribution in [0.1, 0.15) is 0 Å². The third-order valence-electron chi connectivity index (χ3n) is 2.23. The molecule has 2 heterocycles. The van der Waals surface area contributed by atoms with Gasteiger partial charge in [-0.2, -0.15) is 0 Å². The number of thioether (sulfide) groups is 2. The fraction of sp³-hybridized carbons (Fsp3) is 0.200. The predicted molar refractivity (Wildman–Crippen MR) is 59.5 cm³/mol. The van der Waals surface area contributed by atoms with E-state index in [9.17, 15) is 0 Å². The van der Waals surface area contributed by atoms with Crippen molar-refractivity contribution in [3.8, 4) is 0 Å². The highest BCUT2D eigenvalue weighted by Gasteiger charge is 2.22. The van der Waals surface area contributed by atoms with Crippen molar-refractivity contribution in [1.82, 2.24) is 0 Å². The highest BCUT2D eigenvalue weighted by molar-refractivity contribution is 8.00. The van der Waals surface area contributed by atoms with Gasteiger partial charge >= 0.3 is 0 Å². The molecule has 0 saturated carbocycles. The van der Waals surface area contributed by atoms with E-state index in [2.05, 4.69) is 35.4 Å². The standard InChI is InChI=1S/C10H9NS2/c1-3-8-10-9(4-1)13-7-11(10)5-2-6-12-8/h1-5H,6-7H2. The second-order valence-electron chi connectivity index (χ2n) is 3.04. The van der Waals surface area contributed by atoms with Gasteiger partial charge in [-0.1, -0.05) is 12.1 Å². The first kappa shape index (κ1) is 7.83. The zero-order valence-electron chi connectivity index (χ0n) is 7.06. The summed E-state index contributed by atoms with van der Waals surface area (Å²) < 4.78 is 0. The van der Waals surface area contributed by atoms with Gasteiger partial charge in [0.2, 0.25) is 0 Å². The molecular formula is C10H9NS2. The second kappa shape index (κ2) is 3.00. The molecule has 3 rings (SSSR count). The minimum Gasteiger partial charge on any atom is -0.336 e. The molecule has 0 N–H and O–H groups in total. The molecule has 2 aliphatic rings. The maximum Gasteiger partial charge on any atom is 0.0730 e. The van der Waals surface area contributed by atoms with E-state index in [0.717, 1.165) is 11.6 Å². The first-order valence-corrected chi connectivity index (χ1v) is 6.24. The molecule has 1 aromatic carbocycles. The summed E-state index contributed by atoms with van der Waals surface area (Å²) in [7, 11) is 0. The fourth-order valence-corrected chi connectivity index (χ4v) is 3.64. The summed E-state index contributed by atoms with van der Waals surface area (Å²) in [5.74, 6) is 2.17. The van der Waals surface area contributed by atoms with Gasteiger partial charge in [-0.05, 0) is 12.1 Å². The largest absolute Gasteiger partial charge is 0.336 e. The summed E-state index contributed by atoms with van der Waals surface area (Å²) in [6, 6.07) is 6.58. The lowest BCUT2D eigenvalue weighted by molar-refractivity contribution is 1.13. The lowest BCUT2D eigenvalue weighted by Crippen LogP contribution is -2.09. The number of rotatable bonds is 0. The topological polar surface area (TPSA) is 3.24 Å². The number of nitrogens with zero attached hydrogens (tertiary/aromatic N) is 1. The Morgan fingerprint density at radius 1 is 1.15 bits per heavy atom. The summed E-state index contributed by atoms with van der Waals surface area (Å²) in [5.41, 5.74) is 1.42. The van der Waals surface area contributed by atoms with Crippen molar-refractivity contribution in [2.75, 3.05) is 16.5 Å². The van der Waals surface area contributed by atoms with Gasteiger partial charge in [0.15, 0.2) is 0 Å². The van der Waals surface area contributed by atoms with E-state index >= 15 is 0 Å². The maximum atomic E-state index is 2.34. The zero-order valence-corrected chi connectivity index (χ0v) is 8.70. The predicted octanol–water partition coefficient (Wildman–Crippen LogP) is 3.18. The molecule has 1 nitrogen and oxygen atoms in total. The van der Waals surface area contributed by atoms with Gasteiger partial charge < -0.3 is 4.90 Å². The molecule has 13 heavy (non-hydrogen) atoms. The lowest BCUT2D eigenvalue weighted by Gasteiger charge is -2.13. The van der Waals surface area contributed by atoms with E-state index in [1.165, 1.54) is 15.5 Å². The van der Waals surface area contributed by atoms with Crippen LogP contribution < -0.4 is 4.90 Å².